The highest BCUT2D eigenvalue weighted by Crippen LogP contribution is 2.18. The number of ether oxygens (including phenoxy) is 2. The van der Waals surface area contributed by atoms with Crippen molar-refractivity contribution in [2.45, 2.75) is 26.4 Å². The minimum atomic E-state index is -1.43. The van der Waals surface area contributed by atoms with Gasteiger partial charge in [0.2, 0.25) is 0 Å². The molecule has 0 amide bonds. The van der Waals surface area contributed by atoms with Crippen LogP contribution in [-0.4, -0.2) is 18.5 Å². The van der Waals surface area contributed by atoms with Crippen LogP contribution >= 0.6 is 0 Å². The van der Waals surface area contributed by atoms with Crippen molar-refractivity contribution < 1.29 is 32.2 Å². The van der Waals surface area contributed by atoms with Crippen LogP contribution in [0, 0.1) is 17.5 Å². The maximum Gasteiger partial charge on any atom is 0.339 e. The zero-order valence-electron chi connectivity index (χ0n) is 14.1. The normalized spacial score (nSPS) is 10.5. The van der Waals surface area contributed by atoms with Gasteiger partial charge in [-0.15, -0.1) is 0 Å². The van der Waals surface area contributed by atoms with Crippen LogP contribution in [0.4, 0.5) is 13.2 Å². The lowest BCUT2D eigenvalue weighted by molar-refractivity contribution is 0.0431. The summed E-state index contributed by atoms with van der Waals surface area (Å²) in [5.74, 6) is -5.39. The van der Waals surface area contributed by atoms with Crippen LogP contribution in [0.25, 0.3) is 0 Å². The van der Waals surface area contributed by atoms with E-state index in [1.165, 1.54) is 18.2 Å². The third kappa shape index (κ3) is 4.62. The van der Waals surface area contributed by atoms with Crippen molar-refractivity contribution >= 4 is 11.9 Å². The van der Waals surface area contributed by atoms with Gasteiger partial charge in [0.25, 0.3) is 0 Å². The number of hydrogen-bond acceptors (Lipinski definition) is 4. The van der Waals surface area contributed by atoms with E-state index in [0.717, 1.165) is 12.5 Å². The highest BCUT2D eigenvalue weighted by molar-refractivity contribution is 6.03. The van der Waals surface area contributed by atoms with E-state index < -0.39 is 41.6 Å². The highest BCUT2D eigenvalue weighted by atomic mass is 19.2. The highest BCUT2D eigenvalue weighted by Gasteiger charge is 2.21. The first kappa shape index (κ1) is 19.5. The minimum Gasteiger partial charge on any atom is -0.462 e. The van der Waals surface area contributed by atoms with Gasteiger partial charge in [-0.1, -0.05) is 25.5 Å². The lowest BCUT2D eigenvalue weighted by Gasteiger charge is -2.10. The summed E-state index contributed by atoms with van der Waals surface area (Å²) in [5.41, 5.74) is -0.832. The fourth-order valence-electron chi connectivity index (χ4n) is 2.14. The third-order valence-electron chi connectivity index (χ3n) is 3.58. The maximum atomic E-state index is 13.6. The van der Waals surface area contributed by atoms with E-state index in [1.54, 1.807) is 6.07 Å². The molecular weight excluding hydrogens is 349 g/mol. The Morgan fingerprint density at radius 1 is 0.885 bits per heavy atom. The van der Waals surface area contributed by atoms with E-state index in [1.807, 2.05) is 6.92 Å². The molecule has 0 bridgehead atoms. The van der Waals surface area contributed by atoms with Crippen molar-refractivity contribution in [3.63, 3.8) is 0 Å². The summed E-state index contributed by atoms with van der Waals surface area (Å²) in [5, 5.41) is 0. The van der Waals surface area contributed by atoms with Gasteiger partial charge >= 0.3 is 11.9 Å². The van der Waals surface area contributed by atoms with Gasteiger partial charge in [0.15, 0.2) is 11.6 Å². The molecule has 0 saturated carbocycles. The van der Waals surface area contributed by atoms with Gasteiger partial charge in [-0.3, -0.25) is 0 Å². The van der Waals surface area contributed by atoms with Gasteiger partial charge < -0.3 is 9.47 Å². The molecule has 2 aromatic rings. The fraction of sp³-hybridized carbons (Fsp3) is 0.263. The van der Waals surface area contributed by atoms with Crippen molar-refractivity contribution in [1.82, 2.24) is 0 Å². The van der Waals surface area contributed by atoms with E-state index in [0.29, 0.717) is 12.5 Å². The molecule has 26 heavy (non-hydrogen) atoms. The van der Waals surface area contributed by atoms with Crippen LogP contribution in [0.15, 0.2) is 36.4 Å². The van der Waals surface area contributed by atoms with Crippen molar-refractivity contribution in [2.24, 2.45) is 0 Å². The molecule has 138 valence electrons. The fourth-order valence-corrected chi connectivity index (χ4v) is 2.14. The van der Waals surface area contributed by atoms with Crippen molar-refractivity contribution in [3.8, 4) is 0 Å². The summed E-state index contributed by atoms with van der Waals surface area (Å²) in [6.45, 7) is 1.33. The zero-order chi connectivity index (χ0) is 19.1. The van der Waals surface area contributed by atoms with Gasteiger partial charge in [-0.05, 0) is 30.7 Å². The van der Waals surface area contributed by atoms with E-state index in [-0.39, 0.29) is 17.7 Å². The van der Waals surface area contributed by atoms with E-state index in [9.17, 15) is 22.8 Å². The molecule has 0 aliphatic carbocycles. The van der Waals surface area contributed by atoms with Crippen LogP contribution in [0.3, 0.4) is 0 Å². The number of carbonyl (C=O) groups is 2. The number of unbranched alkanes of at least 4 members (excludes halogenated alkanes) is 1. The van der Waals surface area contributed by atoms with Gasteiger partial charge in [0.05, 0.1) is 23.3 Å². The molecule has 0 spiro atoms. The Morgan fingerprint density at radius 3 is 2.08 bits per heavy atom. The SMILES string of the molecule is CCCCOC(=O)c1ccccc1C(=O)OCc1c(F)ccc(F)c1F. The molecule has 7 heteroatoms. The standard InChI is InChI=1S/C19H17F3O4/c1-2-3-10-25-18(23)12-6-4-5-7-13(12)19(24)26-11-14-15(20)8-9-16(21)17(14)22/h4-9H,2-3,10-11H2,1H3. The summed E-state index contributed by atoms with van der Waals surface area (Å²) in [6, 6.07) is 7.13. The van der Waals surface area contributed by atoms with Gasteiger partial charge in [-0.2, -0.15) is 0 Å². The van der Waals surface area contributed by atoms with Gasteiger partial charge in [0, 0.05) is 0 Å². The van der Waals surface area contributed by atoms with E-state index >= 15 is 0 Å². The molecular formula is C19H17F3O4. The Balaban J connectivity index is 2.13. The number of benzene rings is 2. The van der Waals surface area contributed by atoms with Gasteiger partial charge in [-0.25, -0.2) is 22.8 Å². The Kier molecular flexibility index (Phi) is 6.77. The predicted octanol–water partition coefficient (Wildman–Crippen LogP) is 4.42. The molecule has 0 aromatic heterocycles. The molecule has 0 fully saturated rings. The molecule has 2 rings (SSSR count). The third-order valence-corrected chi connectivity index (χ3v) is 3.58. The number of esters is 2. The monoisotopic (exact) mass is 366 g/mol. The topological polar surface area (TPSA) is 52.6 Å². The average molecular weight is 366 g/mol. The number of rotatable bonds is 7. The molecule has 2 aromatic carbocycles. The Bertz CT molecular complexity index is 805. The van der Waals surface area contributed by atoms with E-state index in [2.05, 4.69) is 0 Å². The number of hydrogen-bond donors (Lipinski definition) is 0. The van der Waals surface area contributed by atoms with Crippen LogP contribution in [-0.2, 0) is 16.1 Å². The molecule has 0 aliphatic heterocycles. The molecule has 0 N–H and O–H groups in total. The van der Waals surface area contributed by atoms with Crippen LogP contribution in [0.1, 0.15) is 46.0 Å². The molecule has 0 saturated heterocycles. The summed E-state index contributed by atoms with van der Waals surface area (Å²) in [6.07, 6.45) is 1.51. The van der Waals surface area contributed by atoms with Crippen LogP contribution < -0.4 is 0 Å². The maximum absolute atomic E-state index is 13.6. The minimum absolute atomic E-state index is 0.0196. The first-order valence-corrected chi connectivity index (χ1v) is 8.01. The largest absolute Gasteiger partial charge is 0.462 e. The summed E-state index contributed by atoms with van der Waals surface area (Å²) >= 11 is 0. The average Bonchev–Trinajstić information content (AvgIpc) is 2.64. The molecule has 0 unspecified atom stereocenters. The first-order chi connectivity index (χ1) is 12.5. The van der Waals surface area contributed by atoms with Crippen molar-refractivity contribution in [2.75, 3.05) is 6.61 Å². The van der Waals surface area contributed by atoms with Crippen molar-refractivity contribution in [1.29, 1.82) is 0 Å². The molecule has 0 atom stereocenters. The quantitative estimate of drug-likeness (QED) is 0.414. The predicted molar refractivity (Wildman–Crippen MR) is 87.1 cm³/mol. The van der Waals surface area contributed by atoms with Crippen LogP contribution in [0.5, 0.6) is 0 Å². The number of carbonyl (C=O) groups excluding carboxylic acids is 2. The lowest BCUT2D eigenvalue weighted by atomic mass is 10.1. The Morgan fingerprint density at radius 2 is 1.46 bits per heavy atom. The summed E-state index contributed by atoms with van der Waals surface area (Å²) in [7, 11) is 0. The second kappa shape index (κ2) is 9.03. The van der Waals surface area contributed by atoms with Crippen molar-refractivity contribution in [3.05, 3.63) is 70.5 Å². The second-order valence-corrected chi connectivity index (χ2v) is 5.43. The smallest absolute Gasteiger partial charge is 0.339 e. The first-order valence-electron chi connectivity index (χ1n) is 8.01. The van der Waals surface area contributed by atoms with Crippen LogP contribution in [0.2, 0.25) is 0 Å². The summed E-state index contributed by atoms with van der Waals surface area (Å²) < 4.78 is 50.3. The Labute approximate surface area is 148 Å². The lowest BCUT2D eigenvalue weighted by Crippen LogP contribution is -2.15. The molecule has 0 aliphatic rings. The van der Waals surface area contributed by atoms with Gasteiger partial charge in [0.1, 0.15) is 12.4 Å². The number of halogens is 3. The second-order valence-electron chi connectivity index (χ2n) is 5.43. The molecule has 0 heterocycles. The molecule has 0 radical (unpaired) electrons. The molecule has 4 nitrogen and oxygen atoms in total. The summed E-state index contributed by atoms with van der Waals surface area (Å²) in [4.78, 5) is 24.3. The Hall–Kier alpha value is -2.83. The van der Waals surface area contributed by atoms with E-state index in [4.69, 9.17) is 9.47 Å². The zero-order valence-corrected chi connectivity index (χ0v) is 14.1.